The lowest BCUT2D eigenvalue weighted by Crippen LogP contribution is -2.51. The normalized spacial score (nSPS) is 27.7. The van der Waals surface area contributed by atoms with E-state index in [-0.39, 0.29) is 5.41 Å². The number of ether oxygens (including phenoxy) is 2. The Morgan fingerprint density at radius 2 is 2.41 bits per heavy atom. The van der Waals surface area contributed by atoms with E-state index in [2.05, 4.69) is 32.7 Å². The maximum atomic E-state index is 5.81. The fourth-order valence-electron chi connectivity index (χ4n) is 2.49. The van der Waals surface area contributed by atoms with E-state index in [0.717, 1.165) is 39.3 Å². The van der Waals surface area contributed by atoms with Gasteiger partial charge in [-0.2, -0.15) is 0 Å². The summed E-state index contributed by atoms with van der Waals surface area (Å²) < 4.78 is 12.4. The Morgan fingerprint density at radius 1 is 1.53 bits per heavy atom. The van der Waals surface area contributed by atoms with Gasteiger partial charge in [-0.05, 0) is 28.4 Å². The summed E-state index contributed by atoms with van der Waals surface area (Å²) in [5.41, 5.74) is 0.195. The van der Waals surface area contributed by atoms with Gasteiger partial charge >= 0.3 is 0 Å². The lowest BCUT2D eigenvalue weighted by Gasteiger charge is -2.43. The molecule has 2 fully saturated rings. The molecule has 2 aliphatic heterocycles. The van der Waals surface area contributed by atoms with Crippen LogP contribution in [0.4, 0.5) is 0 Å². The Morgan fingerprint density at radius 3 is 2.94 bits per heavy atom. The van der Waals surface area contributed by atoms with Crippen molar-refractivity contribution < 1.29 is 9.47 Å². The molecule has 17 heavy (non-hydrogen) atoms. The van der Waals surface area contributed by atoms with Gasteiger partial charge < -0.3 is 14.8 Å². The van der Waals surface area contributed by atoms with Crippen molar-refractivity contribution in [2.24, 2.45) is 0 Å². The maximum absolute atomic E-state index is 5.81. The molecule has 94 valence electrons. The molecule has 0 aromatic carbocycles. The van der Waals surface area contributed by atoms with Crippen LogP contribution in [0.5, 0.6) is 0 Å². The molecule has 3 nitrogen and oxygen atoms in total. The highest BCUT2D eigenvalue weighted by molar-refractivity contribution is 9.10. The number of hydrogen-bond donors (Lipinski definition) is 1. The van der Waals surface area contributed by atoms with E-state index < -0.39 is 0 Å². The topological polar surface area (TPSA) is 30.5 Å². The van der Waals surface area contributed by atoms with Crippen LogP contribution in [-0.2, 0) is 14.9 Å². The number of rotatable bonds is 3. The number of halogens is 1. The van der Waals surface area contributed by atoms with Crippen molar-refractivity contribution in [3.8, 4) is 0 Å². The molecule has 5 heteroatoms. The largest absolute Gasteiger partial charge is 0.379 e. The maximum Gasteiger partial charge on any atom is 0.0710 e. The van der Waals surface area contributed by atoms with Gasteiger partial charge in [0.1, 0.15) is 0 Å². The van der Waals surface area contributed by atoms with Gasteiger partial charge in [-0.1, -0.05) is 0 Å². The number of morpholine rings is 1. The molecule has 1 aromatic heterocycles. The predicted octanol–water partition coefficient (Wildman–Crippen LogP) is 2.16. The molecule has 1 aromatic rings. The van der Waals surface area contributed by atoms with Gasteiger partial charge in [-0.15, -0.1) is 11.3 Å². The molecule has 3 heterocycles. The van der Waals surface area contributed by atoms with Gasteiger partial charge in [0.15, 0.2) is 0 Å². The summed E-state index contributed by atoms with van der Waals surface area (Å²) in [5, 5.41) is 5.54. The van der Waals surface area contributed by atoms with Crippen LogP contribution in [0.3, 0.4) is 0 Å². The minimum Gasteiger partial charge on any atom is -0.379 e. The highest BCUT2D eigenvalue weighted by Crippen LogP contribution is 2.41. The standard InChI is InChI=1S/C12H16BrNO2S/c13-9-3-11(17-6-9)12(7-15-8-12)4-10-5-14-1-2-16-10/h3,6,10,14H,1-2,4-5,7-8H2. The smallest absolute Gasteiger partial charge is 0.0710 e. The minimum atomic E-state index is 0.195. The van der Waals surface area contributed by atoms with Crippen molar-refractivity contribution in [2.45, 2.75) is 17.9 Å². The van der Waals surface area contributed by atoms with E-state index in [9.17, 15) is 0 Å². The van der Waals surface area contributed by atoms with Crippen molar-refractivity contribution in [1.29, 1.82) is 0 Å². The highest BCUT2D eigenvalue weighted by Gasteiger charge is 2.43. The molecule has 1 N–H and O–H groups in total. The van der Waals surface area contributed by atoms with Crippen LogP contribution in [0.15, 0.2) is 15.9 Å². The minimum absolute atomic E-state index is 0.195. The van der Waals surface area contributed by atoms with Crippen LogP contribution in [-0.4, -0.2) is 39.0 Å². The van der Waals surface area contributed by atoms with Crippen LogP contribution in [0.1, 0.15) is 11.3 Å². The summed E-state index contributed by atoms with van der Waals surface area (Å²) in [5.74, 6) is 0. The fourth-order valence-corrected chi connectivity index (χ4v) is 4.10. The first kappa shape index (κ1) is 12.1. The van der Waals surface area contributed by atoms with E-state index in [4.69, 9.17) is 9.47 Å². The third-order valence-electron chi connectivity index (χ3n) is 3.47. The molecule has 0 saturated carbocycles. The molecule has 0 radical (unpaired) electrons. The fraction of sp³-hybridized carbons (Fsp3) is 0.667. The zero-order valence-electron chi connectivity index (χ0n) is 9.58. The third-order valence-corrected chi connectivity index (χ3v) is 5.41. The Kier molecular flexibility index (Phi) is 3.54. The van der Waals surface area contributed by atoms with Crippen molar-refractivity contribution in [3.63, 3.8) is 0 Å². The van der Waals surface area contributed by atoms with Crippen LogP contribution in [0, 0.1) is 0 Å². The van der Waals surface area contributed by atoms with E-state index in [1.54, 1.807) is 0 Å². The summed E-state index contributed by atoms with van der Waals surface area (Å²) in [7, 11) is 0. The summed E-state index contributed by atoms with van der Waals surface area (Å²) in [4.78, 5) is 1.42. The first-order valence-corrected chi connectivity index (χ1v) is 7.60. The van der Waals surface area contributed by atoms with Crippen LogP contribution >= 0.6 is 27.3 Å². The van der Waals surface area contributed by atoms with Gasteiger partial charge in [-0.3, -0.25) is 0 Å². The van der Waals surface area contributed by atoms with Crippen molar-refractivity contribution in [3.05, 3.63) is 20.8 Å². The Bertz CT molecular complexity index is 386. The molecule has 0 bridgehead atoms. The number of thiophene rings is 1. The van der Waals surface area contributed by atoms with Gasteiger partial charge in [0, 0.05) is 27.8 Å². The van der Waals surface area contributed by atoms with Gasteiger partial charge in [0.2, 0.25) is 0 Å². The SMILES string of the molecule is Brc1csc(C2(CC3CNCCO3)COC2)c1. The lowest BCUT2D eigenvalue weighted by atomic mass is 9.79. The van der Waals surface area contributed by atoms with Crippen LogP contribution < -0.4 is 5.32 Å². The summed E-state index contributed by atoms with van der Waals surface area (Å²) in [6.07, 6.45) is 1.39. The molecule has 2 saturated heterocycles. The number of nitrogens with one attached hydrogen (secondary N) is 1. The van der Waals surface area contributed by atoms with Crippen LogP contribution in [0.2, 0.25) is 0 Å². The molecule has 0 amide bonds. The second-order valence-electron chi connectivity index (χ2n) is 4.80. The van der Waals surface area contributed by atoms with E-state index in [1.165, 1.54) is 9.35 Å². The molecule has 3 rings (SSSR count). The number of hydrogen-bond acceptors (Lipinski definition) is 4. The van der Waals surface area contributed by atoms with E-state index in [0.29, 0.717) is 6.10 Å². The highest BCUT2D eigenvalue weighted by atomic mass is 79.9. The van der Waals surface area contributed by atoms with Gasteiger partial charge in [0.25, 0.3) is 0 Å². The Hall–Kier alpha value is 0.0600. The Balaban J connectivity index is 1.73. The average molecular weight is 318 g/mol. The monoisotopic (exact) mass is 317 g/mol. The third kappa shape index (κ3) is 2.44. The first-order chi connectivity index (χ1) is 8.28. The predicted molar refractivity (Wildman–Crippen MR) is 71.7 cm³/mol. The zero-order chi connectivity index (χ0) is 11.7. The lowest BCUT2D eigenvalue weighted by molar-refractivity contribution is -0.0926. The molecule has 0 aliphatic carbocycles. The van der Waals surface area contributed by atoms with Crippen LogP contribution in [0.25, 0.3) is 0 Å². The van der Waals surface area contributed by atoms with E-state index >= 15 is 0 Å². The second-order valence-corrected chi connectivity index (χ2v) is 6.63. The van der Waals surface area contributed by atoms with Crippen molar-refractivity contribution >= 4 is 27.3 Å². The van der Waals surface area contributed by atoms with E-state index in [1.807, 2.05) is 11.3 Å². The van der Waals surface area contributed by atoms with Gasteiger partial charge in [-0.25, -0.2) is 0 Å². The molecule has 1 unspecified atom stereocenters. The quantitative estimate of drug-likeness (QED) is 0.926. The summed E-state index contributed by atoms with van der Waals surface area (Å²) in [6.45, 7) is 4.44. The van der Waals surface area contributed by atoms with Crippen molar-refractivity contribution in [2.75, 3.05) is 32.9 Å². The molecular weight excluding hydrogens is 302 g/mol. The second kappa shape index (κ2) is 4.97. The Labute approximate surface area is 114 Å². The summed E-state index contributed by atoms with van der Waals surface area (Å²) in [6, 6.07) is 2.23. The molecule has 0 spiro atoms. The molecular formula is C12H16BrNO2S. The average Bonchev–Trinajstić information content (AvgIpc) is 2.72. The zero-order valence-corrected chi connectivity index (χ0v) is 12.0. The van der Waals surface area contributed by atoms with Crippen molar-refractivity contribution in [1.82, 2.24) is 5.32 Å². The summed E-state index contributed by atoms with van der Waals surface area (Å²) >= 11 is 5.35. The molecule has 2 aliphatic rings. The molecule has 1 atom stereocenters. The van der Waals surface area contributed by atoms with Gasteiger partial charge in [0.05, 0.1) is 31.3 Å². The first-order valence-electron chi connectivity index (χ1n) is 5.93.